The molecule has 0 aliphatic rings. The lowest BCUT2D eigenvalue weighted by Gasteiger charge is -2.07. The van der Waals surface area contributed by atoms with Gasteiger partial charge in [0.05, 0.1) is 11.1 Å². The first kappa shape index (κ1) is 11.1. The van der Waals surface area contributed by atoms with Gasteiger partial charge < -0.3 is 9.84 Å². The molecule has 0 atom stereocenters. The molecule has 2 rings (SSSR count). The second-order valence-corrected chi connectivity index (χ2v) is 4.06. The lowest BCUT2D eigenvalue weighted by molar-refractivity contribution is 0.281. The van der Waals surface area contributed by atoms with Crippen LogP contribution in [-0.2, 0) is 6.61 Å². The highest BCUT2D eigenvalue weighted by molar-refractivity contribution is 9.10. The second kappa shape index (κ2) is 5.09. The van der Waals surface area contributed by atoms with Crippen molar-refractivity contribution >= 4 is 15.9 Å². The van der Waals surface area contributed by atoms with E-state index in [-0.39, 0.29) is 6.61 Å². The molecule has 4 heteroatoms. The molecule has 0 aliphatic carbocycles. The fraction of sp³-hybridized carbons (Fsp3) is 0.0833. The number of rotatable bonds is 3. The Morgan fingerprint density at radius 2 is 1.94 bits per heavy atom. The zero-order chi connectivity index (χ0) is 11.4. The van der Waals surface area contributed by atoms with Gasteiger partial charge in [-0.25, -0.2) is 0 Å². The zero-order valence-electron chi connectivity index (χ0n) is 8.43. The summed E-state index contributed by atoms with van der Waals surface area (Å²) >= 11 is 3.35. The molecule has 2 aromatic rings. The predicted molar refractivity (Wildman–Crippen MR) is 64.4 cm³/mol. The summed E-state index contributed by atoms with van der Waals surface area (Å²) < 4.78 is 6.45. The average molecular weight is 280 g/mol. The Labute approximate surface area is 102 Å². The van der Waals surface area contributed by atoms with Gasteiger partial charge in [0.2, 0.25) is 0 Å². The summed E-state index contributed by atoms with van der Waals surface area (Å²) in [5.41, 5.74) is 0.862. The monoisotopic (exact) mass is 279 g/mol. The molecule has 0 amide bonds. The largest absolute Gasteiger partial charge is 0.456 e. The van der Waals surface area contributed by atoms with Gasteiger partial charge in [-0.05, 0) is 33.6 Å². The first-order valence-corrected chi connectivity index (χ1v) is 5.56. The van der Waals surface area contributed by atoms with E-state index in [0.717, 1.165) is 15.8 Å². The van der Waals surface area contributed by atoms with Crippen LogP contribution in [0.4, 0.5) is 0 Å². The molecule has 0 saturated heterocycles. The fourth-order valence-electron chi connectivity index (χ4n) is 1.24. The molecule has 82 valence electrons. The van der Waals surface area contributed by atoms with Crippen molar-refractivity contribution in [3.8, 4) is 11.5 Å². The van der Waals surface area contributed by atoms with E-state index in [1.807, 2.05) is 24.3 Å². The van der Waals surface area contributed by atoms with E-state index in [9.17, 15) is 0 Å². The standard InChI is InChI=1S/C12H10BrNO2/c13-11-7-14-6-5-12(11)16-10-3-1-9(8-15)2-4-10/h1-7,15H,8H2. The highest BCUT2D eigenvalue weighted by atomic mass is 79.9. The lowest BCUT2D eigenvalue weighted by Crippen LogP contribution is -1.87. The lowest BCUT2D eigenvalue weighted by atomic mass is 10.2. The number of pyridine rings is 1. The number of aromatic nitrogens is 1. The quantitative estimate of drug-likeness (QED) is 0.939. The Balaban J connectivity index is 2.18. The third kappa shape index (κ3) is 2.59. The van der Waals surface area contributed by atoms with Crippen LogP contribution in [0.2, 0.25) is 0 Å². The molecule has 0 radical (unpaired) electrons. The van der Waals surface area contributed by atoms with E-state index >= 15 is 0 Å². The third-order valence-corrected chi connectivity index (χ3v) is 2.66. The number of benzene rings is 1. The number of hydrogen-bond donors (Lipinski definition) is 1. The van der Waals surface area contributed by atoms with Crippen LogP contribution in [0.1, 0.15) is 5.56 Å². The van der Waals surface area contributed by atoms with Crippen LogP contribution in [0.3, 0.4) is 0 Å². The van der Waals surface area contributed by atoms with Gasteiger partial charge >= 0.3 is 0 Å². The number of hydrogen-bond acceptors (Lipinski definition) is 3. The van der Waals surface area contributed by atoms with Crippen molar-refractivity contribution in [2.75, 3.05) is 0 Å². The van der Waals surface area contributed by atoms with Gasteiger partial charge in [-0.15, -0.1) is 0 Å². The van der Waals surface area contributed by atoms with Crippen LogP contribution in [-0.4, -0.2) is 10.1 Å². The van der Waals surface area contributed by atoms with Crippen molar-refractivity contribution in [1.82, 2.24) is 4.98 Å². The Morgan fingerprint density at radius 1 is 1.19 bits per heavy atom. The van der Waals surface area contributed by atoms with Gasteiger partial charge in [-0.1, -0.05) is 12.1 Å². The minimum Gasteiger partial charge on any atom is -0.456 e. The summed E-state index contributed by atoms with van der Waals surface area (Å²) in [7, 11) is 0. The van der Waals surface area contributed by atoms with Gasteiger partial charge in [0.1, 0.15) is 11.5 Å². The molecule has 0 unspecified atom stereocenters. The van der Waals surface area contributed by atoms with Crippen LogP contribution in [0.5, 0.6) is 11.5 Å². The van der Waals surface area contributed by atoms with Crippen LogP contribution in [0.25, 0.3) is 0 Å². The fourth-order valence-corrected chi connectivity index (χ4v) is 1.57. The summed E-state index contributed by atoms with van der Waals surface area (Å²) in [6.07, 6.45) is 3.35. The summed E-state index contributed by atoms with van der Waals surface area (Å²) in [6, 6.07) is 9.07. The maximum atomic E-state index is 8.91. The Kier molecular flexibility index (Phi) is 3.54. The molecular formula is C12H10BrNO2. The topological polar surface area (TPSA) is 42.4 Å². The number of ether oxygens (including phenoxy) is 1. The molecule has 0 spiro atoms. The van der Waals surface area contributed by atoms with Gasteiger partial charge in [-0.2, -0.15) is 0 Å². The average Bonchev–Trinajstić information content (AvgIpc) is 2.33. The van der Waals surface area contributed by atoms with Crippen molar-refractivity contribution in [3.05, 3.63) is 52.8 Å². The normalized spacial score (nSPS) is 10.1. The molecule has 0 bridgehead atoms. The molecule has 1 heterocycles. The van der Waals surface area contributed by atoms with E-state index < -0.39 is 0 Å². The summed E-state index contributed by atoms with van der Waals surface area (Å²) in [4.78, 5) is 3.95. The van der Waals surface area contributed by atoms with Crippen molar-refractivity contribution in [2.24, 2.45) is 0 Å². The minimum atomic E-state index is 0.0409. The van der Waals surface area contributed by atoms with Gasteiger partial charge in [-0.3, -0.25) is 4.98 Å². The highest BCUT2D eigenvalue weighted by Gasteiger charge is 2.01. The SMILES string of the molecule is OCc1ccc(Oc2ccncc2Br)cc1. The summed E-state index contributed by atoms with van der Waals surface area (Å²) in [6.45, 7) is 0.0409. The Bertz CT molecular complexity index is 471. The van der Waals surface area contributed by atoms with E-state index in [2.05, 4.69) is 20.9 Å². The summed E-state index contributed by atoms with van der Waals surface area (Å²) in [5.74, 6) is 1.44. The molecular weight excluding hydrogens is 270 g/mol. The number of aliphatic hydroxyl groups excluding tert-OH is 1. The van der Waals surface area contributed by atoms with E-state index in [1.54, 1.807) is 18.5 Å². The molecule has 0 saturated carbocycles. The molecule has 16 heavy (non-hydrogen) atoms. The van der Waals surface area contributed by atoms with E-state index in [1.165, 1.54) is 0 Å². The number of nitrogens with zero attached hydrogens (tertiary/aromatic N) is 1. The number of aliphatic hydroxyl groups is 1. The summed E-state index contributed by atoms with van der Waals surface area (Å²) in [5, 5.41) is 8.91. The third-order valence-electron chi connectivity index (χ3n) is 2.07. The van der Waals surface area contributed by atoms with Crippen LogP contribution < -0.4 is 4.74 Å². The van der Waals surface area contributed by atoms with Gasteiger partial charge in [0, 0.05) is 18.5 Å². The molecule has 1 N–H and O–H groups in total. The Morgan fingerprint density at radius 3 is 2.56 bits per heavy atom. The molecule has 1 aromatic carbocycles. The van der Waals surface area contributed by atoms with Crippen molar-refractivity contribution < 1.29 is 9.84 Å². The van der Waals surface area contributed by atoms with E-state index in [0.29, 0.717) is 5.75 Å². The first-order valence-electron chi connectivity index (χ1n) is 4.77. The van der Waals surface area contributed by atoms with Gasteiger partial charge in [0.25, 0.3) is 0 Å². The molecule has 0 fully saturated rings. The maximum Gasteiger partial charge on any atom is 0.144 e. The second-order valence-electron chi connectivity index (χ2n) is 3.21. The molecule has 0 aliphatic heterocycles. The maximum absolute atomic E-state index is 8.91. The highest BCUT2D eigenvalue weighted by Crippen LogP contribution is 2.28. The van der Waals surface area contributed by atoms with Crippen LogP contribution >= 0.6 is 15.9 Å². The smallest absolute Gasteiger partial charge is 0.144 e. The van der Waals surface area contributed by atoms with Crippen LogP contribution in [0, 0.1) is 0 Å². The molecule has 1 aromatic heterocycles. The predicted octanol–water partition coefficient (Wildman–Crippen LogP) is 3.13. The molecule has 3 nitrogen and oxygen atoms in total. The van der Waals surface area contributed by atoms with Crippen molar-refractivity contribution in [2.45, 2.75) is 6.61 Å². The Hall–Kier alpha value is -1.39. The van der Waals surface area contributed by atoms with Gasteiger partial charge in [0.15, 0.2) is 0 Å². The zero-order valence-corrected chi connectivity index (χ0v) is 10.0. The van der Waals surface area contributed by atoms with Crippen molar-refractivity contribution in [3.63, 3.8) is 0 Å². The first-order chi connectivity index (χ1) is 7.79. The van der Waals surface area contributed by atoms with Crippen molar-refractivity contribution in [1.29, 1.82) is 0 Å². The van der Waals surface area contributed by atoms with Crippen LogP contribution in [0.15, 0.2) is 47.2 Å². The van der Waals surface area contributed by atoms with E-state index in [4.69, 9.17) is 9.84 Å². The number of halogens is 1. The minimum absolute atomic E-state index is 0.0409.